The Hall–Kier alpha value is -3.88. The zero-order valence-corrected chi connectivity index (χ0v) is 13.1. The van der Waals surface area contributed by atoms with Crippen molar-refractivity contribution in [2.45, 2.75) is 0 Å². The van der Waals surface area contributed by atoms with Crippen molar-refractivity contribution in [3.8, 4) is 11.5 Å². The molecule has 0 aliphatic carbocycles. The SMILES string of the molecule is O=C(/C=C/c1cccc([N+](=O)[O-])c1)Nc1nnc(-c2ccc(F)cc2)o1. The Morgan fingerprint density at radius 1 is 1.19 bits per heavy atom. The molecule has 0 bridgehead atoms. The molecule has 0 atom stereocenters. The number of nitrogens with zero attached hydrogens (tertiary/aromatic N) is 3. The minimum absolute atomic E-state index is 0.0756. The monoisotopic (exact) mass is 354 g/mol. The number of benzene rings is 2. The lowest BCUT2D eigenvalue weighted by atomic mass is 10.2. The van der Waals surface area contributed by atoms with Crippen LogP contribution in [0.4, 0.5) is 16.1 Å². The Balaban J connectivity index is 1.66. The summed E-state index contributed by atoms with van der Waals surface area (Å²) in [5, 5.41) is 20.5. The Kier molecular flexibility index (Phi) is 4.79. The van der Waals surface area contributed by atoms with Crippen molar-refractivity contribution < 1.29 is 18.5 Å². The first-order valence-corrected chi connectivity index (χ1v) is 7.34. The van der Waals surface area contributed by atoms with E-state index in [0.717, 1.165) is 0 Å². The highest BCUT2D eigenvalue weighted by Gasteiger charge is 2.10. The van der Waals surface area contributed by atoms with Crippen molar-refractivity contribution in [2.75, 3.05) is 5.32 Å². The van der Waals surface area contributed by atoms with Gasteiger partial charge in [0, 0.05) is 23.8 Å². The predicted molar refractivity (Wildman–Crippen MR) is 90.5 cm³/mol. The molecule has 1 N–H and O–H groups in total. The zero-order chi connectivity index (χ0) is 18.5. The van der Waals surface area contributed by atoms with Crippen LogP contribution in [-0.2, 0) is 4.79 Å². The lowest BCUT2D eigenvalue weighted by Crippen LogP contribution is -2.07. The van der Waals surface area contributed by atoms with Gasteiger partial charge in [-0.2, -0.15) is 0 Å². The summed E-state index contributed by atoms with van der Waals surface area (Å²) >= 11 is 0. The minimum Gasteiger partial charge on any atom is -0.403 e. The maximum atomic E-state index is 12.9. The molecular weight excluding hydrogens is 343 g/mol. The molecule has 130 valence electrons. The minimum atomic E-state index is -0.550. The van der Waals surface area contributed by atoms with Gasteiger partial charge >= 0.3 is 6.01 Å². The molecule has 8 nitrogen and oxygen atoms in total. The molecule has 9 heteroatoms. The van der Waals surface area contributed by atoms with Crippen LogP contribution >= 0.6 is 0 Å². The molecule has 3 rings (SSSR count). The molecule has 1 amide bonds. The number of halogens is 1. The van der Waals surface area contributed by atoms with Crippen molar-refractivity contribution in [1.82, 2.24) is 10.2 Å². The van der Waals surface area contributed by atoms with Gasteiger partial charge in [0.2, 0.25) is 5.89 Å². The molecule has 0 aliphatic heterocycles. The highest BCUT2D eigenvalue weighted by atomic mass is 19.1. The maximum Gasteiger partial charge on any atom is 0.322 e. The number of nitro benzene ring substituents is 1. The van der Waals surface area contributed by atoms with E-state index < -0.39 is 16.6 Å². The smallest absolute Gasteiger partial charge is 0.322 e. The summed E-state index contributed by atoms with van der Waals surface area (Å²) in [6.07, 6.45) is 2.60. The van der Waals surface area contributed by atoms with E-state index >= 15 is 0 Å². The van der Waals surface area contributed by atoms with Gasteiger partial charge in [0.05, 0.1) is 4.92 Å². The molecule has 3 aromatic rings. The Morgan fingerprint density at radius 3 is 2.69 bits per heavy atom. The molecule has 2 aromatic carbocycles. The van der Waals surface area contributed by atoms with Crippen LogP contribution in [0.5, 0.6) is 0 Å². The quantitative estimate of drug-likeness (QED) is 0.427. The Morgan fingerprint density at radius 2 is 1.96 bits per heavy atom. The van der Waals surface area contributed by atoms with E-state index in [1.807, 2.05) is 0 Å². The molecule has 0 unspecified atom stereocenters. The molecule has 1 aromatic heterocycles. The van der Waals surface area contributed by atoms with Gasteiger partial charge in [-0.25, -0.2) is 4.39 Å². The summed E-state index contributed by atoms with van der Waals surface area (Å²) in [7, 11) is 0. The number of aromatic nitrogens is 2. The average molecular weight is 354 g/mol. The first kappa shape index (κ1) is 17.0. The normalized spacial score (nSPS) is 10.8. The first-order valence-electron chi connectivity index (χ1n) is 7.34. The summed E-state index contributed by atoms with van der Waals surface area (Å²) in [6, 6.07) is 11.1. The van der Waals surface area contributed by atoms with Gasteiger partial charge in [-0.1, -0.05) is 17.2 Å². The van der Waals surface area contributed by atoms with E-state index in [1.165, 1.54) is 54.6 Å². The fourth-order valence-electron chi connectivity index (χ4n) is 2.04. The second kappa shape index (κ2) is 7.34. The molecule has 0 fully saturated rings. The highest BCUT2D eigenvalue weighted by Crippen LogP contribution is 2.20. The first-order chi connectivity index (χ1) is 12.5. The van der Waals surface area contributed by atoms with Crippen LogP contribution in [0.25, 0.3) is 17.5 Å². The van der Waals surface area contributed by atoms with Crippen LogP contribution in [0.2, 0.25) is 0 Å². The molecule has 26 heavy (non-hydrogen) atoms. The largest absolute Gasteiger partial charge is 0.403 e. The van der Waals surface area contributed by atoms with E-state index in [4.69, 9.17) is 4.42 Å². The fraction of sp³-hybridized carbons (Fsp3) is 0. The number of nitrogens with one attached hydrogen (secondary N) is 1. The molecule has 0 radical (unpaired) electrons. The van der Waals surface area contributed by atoms with Crippen LogP contribution in [0, 0.1) is 15.9 Å². The van der Waals surface area contributed by atoms with E-state index in [2.05, 4.69) is 15.5 Å². The lowest BCUT2D eigenvalue weighted by Gasteiger charge is -1.96. The number of non-ortho nitro benzene ring substituents is 1. The van der Waals surface area contributed by atoms with E-state index in [1.54, 1.807) is 6.07 Å². The van der Waals surface area contributed by atoms with Gasteiger partial charge < -0.3 is 4.42 Å². The summed E-state index contributed by atoms with van der Waals surface area (Å²) in [5.74, 6) is -0.818. The van der Waals surface area contributed by atoms with Crippen molar-refractivity contribution >= 4 is 23.7 Å². The molecule has 0 saturated heterocycles. The topological polar surface area (TPSA) is 111 Å². The number of amides is 1. The van der Waals surface area contributed by atoms with Crippen molar-refractivity contribution in [1.29, 1.82) is 0 Å². The van der Waals surface area contributed by atoms with Gasteiger partial charge in [0.1, 0.15) is 5.82 Å². The van der Waals surface area contributed by atoms with Gasteiger partial charge in [-0.3, -0.25) is 20.2 Å². The van der Waals surface area contributed by atoms with Gasteiger partial charge in [0.25, 0.3) is 11.6 Å². The summed E-state index contributed by atoms with van der Waals surface area (Å²) in [4.78, 5) is 22.1. The van der Waals surface area contributed by atoms with Crippen LogP contribution < -0.4 is 5.32 Å². The van der Waals surface area contributed by atoms with Gasteiger partial charge in [0.15, 0.2) is 0 Å². The summed E-state index contributed by atoms with van der Waals surface area (Å²) in [6.45, 7) is 0. The second-order valence-corrected chi connectivity index (χ2v) is 5.09. The third-order valence-corrected chi connectivity index (χ3v) is 3.25. The fourth-order valence-corrected chi connectivity index (χ4v) is 2.04. The number of carbonyl (C=O) groups excluding carboxylic acids is 1. The number of hydrogen-bond donors (Lipinski definition) is 1. The maximum absolute atomic E-state index is 12.9. The molecule has 0 spiro atoms. The van der Waals surface area contributed by atoms with E-state index in [-0.39, 0.29) is 17.6 Å². The Labute approximate surface area is 146 Å². The number of nitro groups is 1. The van der Waals surface area contributed by atoms with Crippen molar-refractivity contribution in [3.63, 3.8) is 0 Å². The van der Waals surface area contributed by atoms with Crippen molar-refractivity contribution in [3.05, 3.63) is 76.1 Å². The third-order valence-electron chi connectivity index (χ3n) is 3.25. The number of carbonyl (C=O) groups is 1. The number of hydrogen-bond acceptors (Lipinski definition) is 6. The summed E-state index contributed by atoms with van der Waals surface area (Å²) < 4.78 is 18.2. The van der Waals surface area contributed by atoms with Crippen molar-refractivity contribution in [2.24, 2.45) is 0 Å². The summed E-state index contributed by atoms with van der Waals surface area (Å²) in [5.41, 5.74) is 0.923. The van der Waals surface area contributed by atoms with Gasteiger partial charge in [-0.05, 0) is 35.9 Å². The predicted octanol–water partition coefficient (Wildman–Crippen LogP) is 3.44. The highest BCUT2D eigenvalue weighted by molar-refractivity contribution is 6.00. The van der Waals surface area contributed by atoms with Crippen LogP contribution in [0.1, 0.15) is 5.56 Å². The zero-order valence-electron chi connectivity index (χ0n) is 13.1. The number of rotatable bonds is 5. The molecular formula is C17H11FN4O4. The molecule has 0 aliphatic rings. The van der Waals surface area contributed by atoms with E-state index in [9.17, 15) is 19.3 Å². The molecule has 1 heterocycles. The van der Waals surface area contributed by atoms with Crippen LogP contribution in [0.15, 0.2) is 59.0 Å². The lowest BCUT2D eigenvalue weighted by molar-refractivity contribution is -0.384. The van der Waals surface area contributed by atoms with Gasteiger partial charge in [-0.15, -0.1) is 5.10 Å². The van der Waals surface area contributed by atoms with E-state index in [0.29, 0.717) is 11.1 Å². The molecule has 0 saturated carbocycles. The third kappa shape index (κ3) is 4.15. The standard InChI is InChI=1S/C17H11FN4O4/c18-13-7-5-12(6-8-13)16-20-21-17(26-16)19-15(23)9-4-11-2-1-3-14(10-11)22(24)25/h1-10H,(H,19,21,23)/b9-4+. The van der Waals surface area contributed by atoms with Crippen LogP contribution in [-0.4, -0.2) is 21.0 Å². The second-order valence-electron chi connectivity index (χ2n) is 5.09. The van der Waals surface area contributed by atoms with Crippen LogP contribution in [0.3, 0.4) is 0 Å². The Bertz CT molecular complexity index is 982. The average Bonchev–Trinajstić information content (AvgIpc) is 3.09. The number of anilines is 1.